The molecule has 1 atom stereocenters. The van der Waals surface area contributed by atoms with Gasteiger partial charge in [0.05, 0.1) is 11.3 Å². The predicted molar refractivity (Wildman–Crippen MR) is 134 cm³/mol. The van der Waals surface area contributed by atoms with Crippen molar-refractivity contribution in [1.29, 1.82) is 0 Å². The highest BCUT2D eigenvalue weighted by Gasteiger charge is 2.39. The monoisotopic (exact) mass is 463 g/mol. The second kappa shape index (κ2) is 10.0. The summed E-state index contributed by atoms with van der Waals surface area (Å²) in [6, 6.07) is 6.46. The van der Waals surface area contributed by atoms with Gasteiger partial charge in [0.1, 0.15) is 5.82 Å². The number of pyridine rings is 2. The summed E-state index contributed by atoms with van der Waals surface area (Å²) in [7, 11) is 0. The van der Waals surface area contributed by atoms with Crippen LogP contribution >= 0.6 is 0 Å². The molecule has 34 heavy (non-hydrogen) atoms. The number of aromatic nitrogens is 2. The largest absolute Gasteiger partial charge is 0.375 e. The molecular weight excluding hydrogens is 426 g/mol. The summed E-state index contributed by atoms with van der Waals surface area (Å²) in [5, 5.41) is 6.80. The van der Waals surface area contributed by atoms with Gasteiger partial charge in [-0.05, 0) is 88.7 Å². The van der Waals surface area contributed by atoms with Crippen molar-refractivity contribution in [3.05, 3.63) is 41.7 Å². The Labute approximate surface area is 202 Å². The Morgan fingerprint density at radius 1 is 1.15 bits per heavy atom. The molecule has 1 spiro atoms. The number of ether oxygens (including phenoxy) is 1. The van der Waals surface area contributed by atoms with Crippen molar-refractivity contribution >= 4 is 11.7 Å². The Hall–Kier alpha value is -2.51. The van der Waals surface area contributed by atoms with Crippen LogP contribution < -0.4 is 15.5 Å². The molecule has 2 N–H and O–H groups in total. The summed E-state index contributed by atoms with van der Waals surface area (Å²) in [6.45, 7) is 8.64. The van der Waals surface area contributed by atoms with Crippen LogP contribution in [-0.2, 0) is 9.53 Å². The molecule has 2 aromatic rings. The third-order valence-corrected chi connectivity index (χ3v) is 7.90. The summed E-state index contributed by atoms with van der Waals surface area (Å²) in [5.41, 5.74) is 4.40. The number of hydrogen-bond donors (Lipinski definition) is 2. The first kappa shape index (κ1) is 23.2. The molecule has 7 nitrogen and oxygen atoms in total. The molecule has 5 rings (SSSR count). The quantitative estimate of drug-likeness (QED) is 0.724. The van der Waals surface area contributed by atoms with Crippen LogP contribution in [0.25, 0.3) is 11.3 Å². The maximum atomic E-state index is 13.1. The molecule has 7 heteroatoms. The van der Waals surface area contributed by atoms with Crippen molar-refractivity contribution in [1.82, 2.24) is 20.6 Å². The van der Waals surface area contributed by atoms with Gasteiger partial charge in [-0.25, -0.2) is 4.98 Å². The molecule has 0 aromatic carbocycles. The first-order valence-corrected chi connectivity index (χ1v) is 12.8. The number of hydrogen-bond acceptors (Lipinski definition) is 6. The zero-order chi connectivity index (χ0) is 23.5. The average Bonchev–Trinajstić information content (AvgIpc) is 2.85. The van der Waals surface area contributed by atoms with Gasteiger partial charge in [-0.15, -0.1) is 0 Å². The van der Waals surface area contributed by atoms with E-state index in [4.69, 9.17) is 9.72 Å². The van der Waals surface area contributed by atoms with Crippen molar-refractivity contribution in [3.8, 4) is 11.3 Å². The summed E-state index contributed by atoms with van der Waals surface area (Å²) in [5.74, 6) is 1.27. The van der Waals surface area contributed by atoms with Gasteiger partial charge >= 0.3 is 0 Å². The third kappa shape index (κ3) is 4.96. The van der Waals surface area contributed by atoms with Crippen LogP contribution in [0.2, 0.25) is 0 Å². The van der Waals surface area contributed by atoms with Crippen LogP contribution in [-0.4, -0.2) is 60.3 Å². The highest BCUT2D eigenvalue weighted by Crippen LogP contribution is 2.34. The standard InChI is InChI=1S/C27H37N5O2/c1-19-4-3-10-29-25(19)23-16-24(30-18-20(23)2)32-13-5-21(6-14-32)26(33)31-22-7-15-34-27(17-22)8-11-28-12-9-27/h3-4,10,16,18,21-22,28H,5-9,11-15,17H2,1-2H3,(H,31,33). The van der Waals surface area contributed by atoms with Crippen molar-refractivity contribution in [2.45, 2.75) is 64.0 Å². The van der Waals surface area contributed by atoms with Gasteiger partial charge in [0.15, 0.2) is 0 Å². The number of carbonyl (C=O) groups is 1. The van der Waals surface area contributed by atoms with E-state index in [1.165, 1.54) is 0 Å². The summed E-state index contributed by atoms with van der Waals surface area (Å²) in [6.07, 6.45) is 9.46. The maximum Gasteiger partial charge on any atom is 0.223 e. The van der Waals surface area contributed by atoms with Crippen molar-refractivity contribution in [2.24, 2.45) is 5.92 Å². The van der Waals surface area contributed by atoms with E-state index in [1.54, 1.807) is 0 Å². The van der Waals surface area contributed by atoms with Crippen LogP contribution in [0, 0.1) is 19.8 Å². The molecule has 3 aliphatic heterocycles. The lowest BCUT2D eigenvalue weighted by molar-refractivity contribution is -0.131. The van der Waals surface area contributed by atoms with E-state index >= 15 is 0 Å². The molecule has 2 aromatic heterocycles. The normalized spacial score (nSPS) is 23.1. The van der Waals surface area contributed by atoms with Gasteiger partial charge in [-0.2, -0.15) is 0 Å². The molecule has 182 valence electrons. The Morgan fingerprint density at radius 2 is 1.94 bits per heavy atom. The maximum absolute atomic E-state index is 13.1. The van der Waals surface area contributed by atoms with Crippen molar-refractivity contribution in [2.75, 3.05) is 37.7 Å². The number of piperidine rings is 2. The van der Waals surface area contributed by atoms with Gasteiger partial charge < -0.3 is 20.3 Å². The van der Waals surface area contributed by atoms with Gasteiger partial charge in [-0.1, -0.05) is 6.07 Å². The number of nitrogens with one attached hydrogen (secondary N) is 2. The summed E-state index contributed by atoms with van der Waals surface area (Å²) >= 11 is 0. The fraction of sp³-hybridized carbons (Fsp3) is 0.593. The molecule has 0 aliphatic carbocycles. The SMILES string of the molecule is Cc1cnc(N2CCC(C(=O)NC3CCOC4(CCNCC4)C3)CC2)cc1-c1ncccc1C. The molecule has 1 amide bonds. The smallest absolute Gasteiger partial charge is 0.223 e. The lowest BCUT2D eigenvalue weighted by Crippen LogP contribution is -2.54. The Morgan fingerprint density at radius 3 is 2.71 bits per heavy atom. The summed E-state index contributed by atoms with van der Waals surface area (Å²) in [4.78, 5) is 24.7. The minimum Gasteiger partial charge on any atom is -0.375 e. The Balaban J connectivity index is 1.18. The van der Waals surface area contributed by atoms with Crippen LogP contribution in [0.3, 0.4) is 0 Å². The van der Waals surface area contributed by atoms with E-state index < -0.39 is 0 Å². The van der Waals surface area contributed by atoms with Gasteiger partial charge in [0.2, 0.25) is 5.91 Å². The number of anilines is 1. The number of rotatable bonds is 4. The van der Waals surface area contributed by atoms with Crippen LogP contribution in [0.1, 0.15) is 49.7 Å². The van der Waals surface area contributed by atoms with Gasteiger partial charge in [0, 0.05) is 49.6 Å². The van der Waals surface area contributed by atoms with Crippen molar-refractivity contribution in [3.63, 3.8) is 0 Å². The second-order valence-electron chi connectivity index (χ2n) is 10.3. The second-order valence-corrected chi connectivity index (χ2v) is 10.3. The zero-order valence-corrected chi connectivity index (χ0v) is 20.5. The molecular formula is C27H37N5O2. The number of amides is 1. The summed E-state index contributed by atoms with van der Waals surface area (Å²) < 4.78 is 6.17. The average molecular weight is 464 g/mol. The first-order valence-electron chi connectivity index (χ1n) is 12.8. The fourth-order valence-corrected chi connectivity index (χ4v) is 5.78. The highest BCUT2D eigenvalue weighted by atomic mass is 16.5. The fourth-order valence-electron chi connectivity index (χ4n) is 5.78. The van der Waals surface area contributed by atoms with Crippen molar-refractivity contribution < 1.29 is 9.53 Å². The number of aryl methyl sites for hydroxylation is 2. The topological polar surface area (TPSA) is 79.4 Å². The third-order valence-electron chi connectivity index (χ3n) is 7.90. The molecule has 3 fully saturated rings. The number of carbonyl (C=O) groups excluding carboxylic acids is 1. The molecule has 1 unspecified atom stereocenters. The van der Waals surface area contributed by atoms with E-state index in [0.717, 1.165) is 99.5 Å². The predicted octanol–water partition coefficient (Wildman–Crippen LogP) is 3.39. The van der Waals surface area contributed by atoms with Gasteiger partial charge in [0.25, 0.3) is 0 Å². The minimum absolute atomic E-state index is 0.0361. The van der Waals surface area contributed by atoms with Gasteiger partial charge in [-0.3, -0.25) is 9.78 Å². The Bertz CT molecular complexity index is 1010. The molecule has 0 bridgehead atoms. The molecule has 0 radical (unpaired) electrons. The van der Waals surface area contributed by atoms with Crippen LogP contribution in [0.15, 0.2) is 30.6 Å². The van der Waals surface area contributed by atoms with E-state index in [-0.39, 0.29) is 23.5 Å². The first-order chi connectivity index (χ1) is 16.5. The molecule has 5 heterocycles. The van der Waals surface area contributed by atoms with E-state index in [9.17, 15) is 4.79 Å². The van der Waals surface area contributed by atoms with E-state index in [2.05, 4.69) is 46.5 Å². The zero-order valence-electron chi connectivity index (χ0n) is 20.5. The minimum atomic E-state index is -0.0361. The lowest BCUT2D eigenvalue weighted by atomic mass is 9.82. The van der Waals surface area contributed by atoms with Crippen LogP contribution in [0.4, 0.5) is 5.82 Å². The molecule has 0 saturated carbocycles. The molecule has 3 saturated heterocycles. The van der Waals surface area contributed by atoms with E-state index in [0.29, 0.717) is 0 Å². The highest BCUT2D eigenvalue weighted by molar-refractivity contribution is 5.79. The lowest BCUT2D eigenvalue weighted by Gasteiger charge is -2.44. The Kier molecular flexibility index (Phi) is 6.84. The molecule has 3 aliphatic rings. The van der Waals surface area contributed by atoms with E-state index in [1.807, 2.05) is 18.5 Å². The van der Waals surface area contributed by atoms with Crippen LogP contribution in [0.5, 0.6) is 0 Å². The number of nitrogens with zero attached hydrogens (tertiary/aromatic N) is 3.